The smallest absolute Gasteiger partial charge is 0.274 e. The Morgan fingerprint density at radius 3 is 2.81 bits per heavy atom. The van der Waals surface area contributed by atoms with Crippen LogP contribution in [-0.2, 0) is 13.6 Å². The second-order valence-corrected chi connectivity index (χ2v) is 6.88. The number of phenols is 1. The molecule has 0 saturated heterocycles. The van der Waals surface area contributed by atoms with Gasteiger partial charge >= 0.3 is 0 Å². The van der Waals surface area contributed by atoms with E-state index >= 15 is 0 Å². The number of amides is 1. The average molecular weight is 384 g/mol. The van der Waals surface area contributed by atoms with Crippen LogP contribution >= 0.6 is 11.6 Å². The summed E-state index contributed by atoms with van der Waals surface area (Å²) in [7, 11) is 1.77. The molecule has 0 fully saturated rings. The summed E-state index contributed by atoms with van der Waals surface area (Å²) in [6.45, 7) is 1.04. The zero-order valence-corrected chi connectivity index (χ0v) is 15.5. The molecular weight excluding hydrogens is 366 g/mol. The van der Waals surface area contributed by atoms with Crippen LogP contribution in [0.1, 0.15) is 16.1 Å². The molecule has 138 valence electrons. The van der Waals surface area contributed by atoms with Gasteiger partial charge in [-0.05, 0) is 41.5 Å². The minimum absolute atomic E-state index is 0.0506. The molecule has 1 aliphatic heterocycles. The summed E-state index contributed by atoms with van der Waals surface area (Å²) in [4.78, 5) is 14.5. The van der Waals surface area contributed by atoms with Crippen molar-refractivity contribution in [3.8, 4) is 22.6 Å². The molecule has 0 aliphatic carbocycles. The summed E-state index contributed by atoms with van der Waals surface area (Å²) in [5, 5.41) is 15.3. The monoisotopic (exact) mass is 383 g/mol. The third kappa shape index (κ3) is 3.48. The van der Waals surface area contributed by atoms with Gasteiger partial charge in [0.05, 0.1) is 6.54 Å². The standard InChI is InChI=1S/C20H18ClN3O3/c1-23-6-5-17(22-23)20(26)24-7-8-27-19-15(12-24)9-14(11-18(19)25)13-3-2-4-16(21)10-13/h2-6,9-11,25H,7-8,12H2,1H3. The van der Waals surface area contributed by atoms with Crippen LogP contribution in [-0.4, -0.2) is 38.8 Å². The quantitative estimate of drug-likeness (QED) is 0.735. The van der Waals surface area contributed by atoms with Gasteiger partial charge in [0, 0.05) is 30.4 Å². The highest BCUT2D eigenvalue weighted by atomic mass is 35.5. The Hall–Kier alpha value is -2.99. The zero-order valence-electron chi connectivity index (χ0n) is 14.7. The molecule has 2 aromatic carbocycles. The number of fused-ring (bicyclic) bond motifs is 1. The van der Waals surface area contributed by atoms with Gasteiger partial charge in [-0.15, -0.1) is 0 Å². The van der Waals surface area contributed by atoms with Gasteiger partial charge in [0.2, 0.25) is 0 Å². The Balaban J connectivity index is 1.69. The van der Waals surface area contributed by atoms with Crippen LogP contribution < -0.4 is 4.74 Å². The first-order chi connectivity index (χ1) is 13.0. The Bertz CT molecular complexity index is 1020. The summed E-state index contributed by atoms with van der Waals surface area (Å²) < 4.78 is 7.32. The van der Waals surface area contributed by atoms with E-state index in [1.54, 1.807) is 41.0 Å². The van der Waals surface area contributed by atoms with Gasteiger partial charge in [0.25, 0.3) is 5.91 Å². The summed E-state index contributed by atoms with van der Waals surface area (Å²) >= 11 is 6.09. The molecule has 0 radical (unpaired) electrons. The number of halogens is 1. The average Bonchev–Trinajstić information content (AvgIpc) is 2.96. The molecule has 4 rings (SSSR count). The van der Waals surface area contributed by atoms with E-state index in [2.05, 4.69) is 5.10 Å². The lowest BCUT2D eigenvalue weighted by atomic mass is 10.0. The molecule has 0 saturated carbocycles. The predicted octanol–water partition coefficient (Wildman–Crippen LogP) is 3.48. The van der Waals surface area contributed by atoms with Crippen molar-refractivity contribution < 1.29 is 14.6 Å². The van der Waals surface area contributed by atoms with Crippen molar-refractivity contribution in [2.75, 3.05) is 13.2 Å². The molecule has 0 bridgehead atoms. The van der Waals surface area contributed by atoms with Gasteiger partial charge in [0.15, 0.2) is 11.5 Å². The van der Waals surface area contributed by atoms with E-state index in [4.69, 9.17) is 16.3 Å². The number of hydrogen-bond acceptors (Lipinski definition) is 4. The van der Waals surface area contributed by atoms with Crippen LogP contribution in [0.15, 0.2) is 48.7 Å². The van der Waals surface area contributed by atoms with Gasteiger partial charge in [-0.25, -0.2) is 0 Å². The van der Waals surface area contributed by atoms with Gasteiger partial charge in [0.1, 0.15) is 12.3 Å². The second kappa shape index (κ2) is 6.96. The highest BCUT2D eigenvalue weighted by molar-refractivity contribution is 6.30. The Morgan fingerprint density at radius 2 is 2.07 bits per heavy atom. The first kappa shape index (κ1) is 17.4. The summed E-state index contributed by atoms with van der Waals surface area (Å²) in [6, 6.07) is 12.7. The molecule has 0 unspecified atom stereocenters. The van der Waals surface area contributed by atoms with E-state index in [9.17, 15) is 9.90 Å². The van der Waals surface area contributed by atoms with Crippen molar-refractivity contribution in [1.82, 2.24) is 14.7 Å². The van der Waals surface area contributed by atoms with E-state index < -0.39 is 0 Å². The van der Waals surface area contributed by atoms with Crippen LogP contribution in [0.25, 0.3) is 11.1 Å². The molecule has 3 aromatic rings. The number of rotatable bonds is 2. The van der Waals surface area contributed by atoms with E-state index in [0.717, 1.165) is 16.7 Å². The molecule has 1 N–H and O–H groups in total. The second-order valence-electron chi connectivity index (χ2n) is 6.44. The number of aromatic hydroxyl groups is 1. The predicted molar refractivity (Wildman–Crippen MR) is 102 cm³/mol. The Kier molecular flexibility index (Phi) is 4.49. The lowest BCUT2D eigenvalue weighted by molar-refractivity contribution is 0.0726. The number of aromatic nitrogens is 2. The maximum absolute atomic E-state index is 12.8. The van der Waals surface area contributed by atoms with E-state index in [0.29, 0.717) is 36.2 Å². The van der Waals surface area contributed by atoms with Crippen molar-refractivity contribution in [1.29, 1.82) is 0 Å². The lowest BCUT2D eigenvalue weighted by Crippen LogP contribution is -2.32. The SMILES string of the molecule is Cn1ccc(C(=O)N2CCOc3c(O)cc(-c4cccc(Cl)c4)cc3C2)n1. The van der Waals surface area contributed by atoms with Crippen LogP contribution in [0, 0.1) is 0 Å². The highest BCUT2D eigenvalue weighted by Gasteiger charge is 2.24. The fraction of sp³-hybridized carbons (Fsp3) is 0.200. The number of nitrogens with zero attached hydrogens (tertiary/aromatic N) is 3. The van der Waals surface area contributed by atoms with Crippen molar-refractivity contribution in [2.24, 2.45) is 7.05 Å². The number of hydrogen-bond donors (Lipinski definition) is 1. The van der Waals surface area contributed by atoms with Crippen LogP contribution in [0.4, 0.5) is 0 Å². The number of benzene rings is 2. The van der Waals surface area contributed by atoms with Crippen molar-refractivity contribution in [3.05, 3.63) is 64.9 Å². The lowest BCUT2D eigenvalue weighted by Gasteiger charge is -2.19. The van der Waals surface area contributed by atoms with Crippen LogP contribution in [0.5, 0.6) is 11.5 Å². The minimum Gasteiger partial charge on any atom is -0.504 e. The van der Waals surface area contributed by atoms with Gasteiger partial charge in [-0.3, -0.25) is 9.48 Å². The molecule has 1 aliphatic rings. The van der Waals surface area contributed by atoms with Crippen molar-refractivity contribution in [2.45, 2.75) is 6.54 Å². The molecule has 2 heterocycles. The van der Waals surface area contributed by atoms with Crippen molar-refractivity contribution >= 4 is 17.5 Å². The number of carbonyl (C=O) groups is 1. The van der Waals surface area contributed by atoms with Crippen LogP contribution in [0.2, 0.25) is 5.02 Å². The van der Waals surface area contributed by atoms with Gasteiger partial charge in [-0.1, -0.05) is 23.7 Å². The molecule has 1 aromatic heterocycles. The fourth-order valence-electron chi connectivity index (χ4n) is 3.20. The third-order valence-corrected chi connectivity index (χ3v) is 4.73. The molecule has 27 heavy (non-hydrogen) atoms. The summed E-state index contributed by atoms with van der Waals surface area (Å²) in [5.41, 5.74) is 2.82. The fourth-order valence-corrected chi connectivity index (χ4v) is 3.39. The minimum atomic E-state index is -0.167. The molecule has 6 nitrogen and oxygen atoms in total. The highest BCUT2D eigenvalue weighted by Crippen LogP contribution is 2.38. The van der Waals surface area contributed by atoms with Crippen LogP contribution in [0.3, 0.4) is 0 Å². The van der Waals surface area contributed by atoms with Gasteiger partial charge in [-0.2, -0.15) is 5.10 Å². The molecule has 0 atom stereocenters. The number of phenolic OH excluding ortho intramolecular Hbond substituents is 1. The molecule has 7 heteroatoms. The Labute approximate surface area is 161 Å². The molecule has 1 amide bonds. The maximum atomic E-state index is 12.8. The zero-order chi connectivity index (χ0) is 19.0. The number of aryl methyl sites for hydroxylation is 1. The molecule has 0 spiro atoms. The first-order valence-corrected chi connectivity index (χ1v) is 8.92. The van der Waals surface area contributed by atoms with E-state index in [-0.39, 0.29) is 11.7 Å². The van der Waals surface area contributed by atoms with Crippen molar-refractivity contribution in [3.63, 3.8) is 0 Å². The number of ether oxygens (including phenoxy) is 1. The largest absolute Gasteiger partial charge is 0.504 e. The van der Waals surface area contributed by atoms with Gasteiger partial charge < -0.3 is 14.7 Å². The molecular formula is C20H18ClN3O3. The van der Waals surface area contributed by atoms with E-state index in [1.165, 1.54) is 0 Å². The van der Waals surface area contributed by atoms with E-state index in [1.807, 2.05) is 24.3 Å². The third-order valence-electron chi connectivity index (χ3n) is 4.49. The Morgan fingerprint density at radius 1 is 1.22 bits per heavy atom. The summed E-state index contributed by atoms with van der Waals surface area (Å²) in [5.74, 6) is 0.298. The topological polar surface area (TPSA) is 67.6 Å². The normalized spacial score (nSPS) is 13.6. The first-order valence-electron chi connectivity index (χ1n) is 8.55. The number of carbonyl (C=O) groups excluding carboxylic acids is 1. The maximum Gasteiger partial charge on any atom is 0.274 e. The summed E-state index contributed by atoms with van der Waals surface area (Å²) in [6.07, 6.45) is 1.73.